The summed E-state index contributed by atoms with van der Waals surface area (Å²) in [5, 5.41) is 4.10. The van der Waals surface area contributed by atoms with E-state index >= 15 is 0 Å². The van der Waals surface area contributed by atoms with Gasteiger partial charge in [-0.3, -0.25) is 9.79 Å². The van der Waals surface area contributed by atoms with Gasteiger partial charge < -0.3 is 19.5 Å². The fraction of sp³-hybridized carbons (Fsp3) is 0.194. The molecule has 1 aliphatic heterocycles. The molecular formula is C36H34N4O3. The van der Waals surface area contributed by atoms with E-state index in [1.165, 1.54) is 0 Å². The van der Waals surface area contributed by atoms with Gasteiger partial charge in [-0.05, 0) is 41.3 Å². The van der Waals surface area contributed by atoms with Gasteiger partial charge in [-0.1, -0.05) is 97.1 Å². The summed E-state index contributed by atoms with van der Waals surface area (Å²) in [6.07, 6.45) is 1.55. The molecule has 6 rings (SSSR count). The van der Waals surface area contributed by atoms with Crippen molar-refractivity contribution in [2.75, 3.05) is 19.7 Å². The van der Waals surface area contributed by atoms with Gasteiger partial charge in [-0.15, -0.1) is 0 Å². The van der Waals surface area contributed by atoms with Crippen molar-refractivity contribution in [1.82, 2.24) is 14.8 Å². The molecule has 7 nitrogen and oxygen atoms in total. The smallest absolute Gasteiger partial charge is 0.343 e. The fourth-order valence-electron chi connectivity index (χ4n) is 6.10. The lowest BCUT2D eigenvalue weighted by atomic mass is 9.75. The average molecular weight is 571 g/mol. The summed E-state index contributed by atoms with van der Waals surface area (Å²) in [7, 11) is 1.83. The van der Waals surface area contributed by atoms with Crippen molar-refractivity contribution in [2.45, 2.75) is 19.0 Å². The Morgan fingerprint density at radius 3 is 2.02 bits per heavy atom. The van der Waals surface area contributed by atoms with Crippen LogP contribution in [-0.4, -0.2) is 41.1 Å². The Labute approximate surface area is 251 Å². The number of pyridine rings is 1. The number of guanidine groups is 1. The number of aryl methyl sites for hydroxylation is 1. The molecule has 0 atom stereocenters. The van der Waals surface area contributed by atoms with Crippen LogP contribution in [0.3, 0.4) is 0 Å². The van der Waals surface area contributed by atoms with E-state index in [1.807, 2.05) is 37.4 Å². The normalized spacial score (nSPS) is 13.2. The highest BCUT2D eigenvalue weighted by Crippen LogP contribution is 2.43. The first kappa shape index (κ1) is 28.0. The van der Waals surface area contributed by atoms with Crippen LogP contribution < -0.4 is 10.7 Å². The number of benzene rings is 4. The van der Waals surface area contributed by atoms with E-state index in [2.05, 4.69) is 83.0 Å². The highest BCUT2D eigenvalue weighted by molar-refractivity contribution is 5.94. The van der Waals surface area contributed by atoms with Gasteiger partial charge >= 0.3 is 5.97 Å². The van der Waals surface area contributed by atoms with Crippen molar-refractivity contribution in [3.05, 3.63) is 153 Å². The Kier molecular flexibility index (Phi) is 7.79. The molecule has 216 valence electrons. The number of nitrogens with zero attached hydrogens (tertiary/aromatic N) is 3. The fourth-order valence-corrected chi connectivity index (χ4v) is 6.10. The standard InChI is InChI=1S/C36H34N4O3/c1-3-43-34(42)31-25-39(2)32-23-26(19-20-30(32)33(31)41)24-38-35-37-21-22-40(35)36(27-13-7-4-8-14-27,28-15-9-5-10-16-28)29-17-11-6-12-18-29/h4-20,23,25H,3,21-22,24H2,1-2H3,(H,37,38). The Bertz CT molecular complexity index is 1740. The van der Waals surface area contributed by atoms with Gasteiger partial charge in [0.15, 0.2) is 5.96 Å². The van der Waals surface area contributed by atoms with Crippen LogP contribution in [0.4, 0.5) is 0 Å². The van der Waals surface area contributed by atoms with Gasteiger partial charge in [-0.25, -0.2) is 4.79 Å². The molecule has 7 heteroatoms. The molecule has 0 radical (unpaired) electrons. The second-order valence-corrected chi connectivity index (χ2v) is 10.6. The van der Waals surface area contributed by atoms with Crippen LogP contribution in [0.1, 0.15) is 39.5 Å². The van der Waals surface area contributed by atoms with Crippen molar-refractivity contribution in [3.8, 4) is 0 Å². The maximum Gasteiger partial charge on any atom is 0.343 e. The van der Waals surface area contributed by atoms with Gasteiger partial charge in [0.25, 0.3) is 0 Å². The largest absolute Gasteiger partial charge is 0.462 e. The van der Waals surface area contributed by atoms with Crippen LogP contribution in [0.15, 0.2) is 125 Å². The summed E-state index contributed by atoms with van der Waals surface area (Å²) >= 11 is 0. The zero-order chi connectivity index (χ0) is 29.8. The minimum atomic E-state index is -0.608. The second-order valence-electron chi connectivity index (χ2n) is 10.6. The third-order valence-corrected chi connectivity index (χ3v) is 8.02. The van der Waals surface area contributed by atoms with E-state index in [4.69, 9.17) is 9.73 Å². The number of ether oxygens (including phenoxy) is 1. The first-order chi connectivity index (χ1) is 21.0. The predicted octanol–water partition coefficient (Wildman–Crippen LogP) is 5.47. The van der Waals surface area contributed by atoms with E-state index in [9.17, 15) is 9.59 Å². The Balaban J connectivity index is 1.37. The van der Waals surface area contributed by atoms with Crippen molar-refractivity contribution in [2.24, 2.45) is 12.0 Å². The molecule has 0 fully saturated rings. The molecule has 1 aromatic heterocycles. The average Bonchev–Trinajstić information content (AvgIpc) is 3.52. The second kappa shape index (κ2) is 12.0. The van der Waals surface area contributed by atoms with Crippen LogP contribution in [-0.2, 0) is 23.9 Å². The molecule has 0 aliphatic carbocycles. The van der Waals surface area contributed by atoms with Crippen molar-refractivity contribution >= 4 is 22.8 Å². The molecule has 0 saturated heterocycles. The van der Waals surface area contributed by atoms with Crippen LogP contribution in [0.25, 0.3) is 10.9 Å². The van der Waals surface area contributed by atoms with E-state index in [0.29, 0.717) is 18.5 Å². The Morgan fingerprint density at radius 1 is 0.884 bits per heavy atom. The number of aromatic nitrogens is 1. The third-order valence-electron chi connectivity index (χ3n) is 8.02. The number of aliphatic imine (C=N–C) groups is 1. The van der Waals surface area contributed by atoms with Crippen LogP contribution >= 0.6 is 0 Å². The monoisotopic (exact) mass is 570 g/mol. The third kappa shape index (κ3) is 5.07. The molecule has 0 spiro atoms. The van der Waals surface area contributed by atoms with Crippen LogP contribution in [0.5, 0.6) is 0 Å². The lowest BCUT2D eigenvalue weighted by molar-refractivity contribution is 0.0524. The molecule has 0 unspecified atom stereocenters. The van der Waals surface area contributed by atoms with Gasteiger partial charge in [0, 0.05) is 31.7 Å². The Morgan fingerprint density at radius 2 is 1.47 bits per heavy atom. The highest BCUT2D eigenvalue weighted by atomic mass is 16.5. The van der Waals surface area contributed by atoms with Crippen LogP contribution in [0, 0.1) is 0 Å². The van der Waals surface area contributed by atoms with Crippen molar-refractivity contribution in [1.29, 1.82) is 0 Å². The molecule has 0 saturated carbocycles. The maximum atomic E-state index is 13.1. The topological polar surface area (TPSA) is 75.9 Å². The molecule has 4 aromatic carbocycles. The van der Waals surface area contributed by atoms with Gasteiger partial charge in [0.2, 0.25) is 5.43 Å². The number of esters is 1. The zero-order valence-corrected chi connectivity index (χ0v) is 24.4. The number of hydrogen-bond acceptors (Lipinski definition) is 6. The van der Waals surface area contributed by atoms with E-state index in [-0.39, 0.29) is 17.6 Å². The van der Waals surface area contributed by atoms with Crippen molar-refractivity contribution in [3.63, 3.8) is 0 Å². The molecular weight excluding hydrogens is 536 g/mol. The van der Waals surface area contributed by atoms with Crippen LogP contribution in [0.2, 0.25) is 0 Å². The van der Waals surface area contributed by atoms with Gasteiger partial charge in [-0.2, -0.15) is 0 Å². The highest BCUT2D eigenvalue weighted by Gasteiger charge is 2.45. The summed E-state index contributed by atoms with van der Waals surface area (Å²) < 4.78 is 6.89. The van der Waals surface area contributed by atoms with Gasteiger partial charge in [0.1, 0.15) is 11.1 Å². The lowest BCUT2D eigenvalue weighted by Gasteiger charge is -2.45. The maximum absolute atomic E-state index is 13.1. The minimum absolute atomic E-state index is 0.0396. The Hall–Kier alpha value is -5.17. The number of nitrogens with one attached hydrogen (secondary N) is 1. The molecule has 1 aliphatic rings. The predicted molar refractivity (Wildman–Crippen MR) is 170 cm³/mol. The van der Waals surface area contributed by atoms with E-state index < -0.39 is 11.5 Å². The summed E-state index contributed by atoms with van der Waals surface area (Å²) in [6.45, 7) is 3.85. The summed E-state index contributed by atoms with van der Waals surface area (Å²) in [5.74, 6) is 0.206. The summed E-state index contributed by atoms with van der Waals surface area (Å²) in [4.78, 5) is 32.7. The first-order valence-corrected chi connectivity index (χ1v) is 14.6. The molecule has 2 heterocycles. The SMILES string of the molecule is CCOC(=O)c1cn(C)c2cc(CNC3=NCCN3C(c3ccccc3)(c3ccccc3)c3ccccc3)ccc2c1=O. The van der Waals surface area contributed by atoms with Crippen molar-refractivity contribution < 1.29 is 9.53 Å². The summed E-state index contributed by atoms with van der Waals surface area (Å²) in [6, 6.07) is 37.5. The number of rotatable bonds is 8. The number of hydrogen-bond donors (Lipinski definition) is 1. The quantitative estimate of drug-likeness (QED) is 0.198. The first-order valence-electron chi connectivity index (χ1n) is 14.6. The molecule has 5 aromatic rings. The molecule has 0 bridgehead atoms. The number of carbonyl (C=O) groups is 1. The molecule has 43 heavy (non-hydrogen) atoms. The zero-order valence-electron chi connectivity index (χ0n) is 24.4. The number of carbonyl (C=O) groups excluding carboxylic acids is 1. The lowest BCUT2D eigenvalue weighted by Crippen LogP contribution is -2.53. The minimum Gasteiger partial charge on any atom is -0.462 e. The molecule has 0 amide bonds. The van der Waals surface area contributed by atoms with E-state index in [0.717, 1.165) is 40.3 Å². The van der Waals surface area contributed by atoms with Gasteiger partial charge in [0.05, 0.1) is 18.7 Å². The molecule has 1 N–H and O–H groups in total. The van der Waals surface area contributed by atoms with E-state index in [1.54, 1.807) is 23.8 Å². The number of fused-ring (bicyclic) bond motifs is 1. The summed E-state index contributed by atoms with van der Waals surface area (Å²) in [5.41, 5.74) is 4.31.